The SMILES string of the molecule is CCCN1CCC(NC(=O)c2cccc(S(=O)(=O)N3CCN(c4ccc(F)cc4)CC3)c2)CC1. The largest absolute Gasteiger partial charge is 0.369 e. The van der Waals surface area contributed by atoms with Gasteiger partial charge in [0.15, 0.2) is 0 Å². The van der Waals surface area contributed by atoms with E-state index in [0.717, 1.165) is 44.6 Å². The second-order valence-electron chi connectivity index (χ2n) is 8.98. The molecule has 0 bridgehead atoms. The minimum atomic E-state index is -3.72. The number of rotatable bonds is 7. The lowest BCUT2D eigenvalue weighted by atomic mass is 10.0. The maximum atomic E-state index is 13.3. The fraction of sp³-hybridized carbons (Fsp3) is 0.480. The molecular formula is C25H33FN4O3S. The van der Waals surface area contributed by atoms with Crippen molar-refractivity contribution in [2.75, 3.05) is 50.7 Å². The molecule has 0 atom stereocenters. The Kier molecular flexibility index (Phi) is 7.85. The summed E-state index contributed by atoms with van der Waals surface area (Å²) in [5, 5.41) is 3.08. The van der Waals surface area contributed by atoms with Gasteiger partial charge >= 0.3 is 0 Å². The second kappa shape index (κ2) is 10.8. The molecule has 4 rings (SSSR count). The standard InChI is InChI=1S/C25H33FN4O3S/c1-2-12-28-13-10-22(11-14-28)27-25(31)20-4-3-5-24(19-20)34(32,33)30-17-15-29(16-18-30)23-8-6-21(26)7-9-23/h3-9,19,22H,2,10-18H2,1H3,(H,27,31). The van der Waals surface area contributed by atoms with Gasteiger partial charge in [0.2, 0.25) is 10.0 Å². The monoisotopic (exact) mass is 488 g/mol. The number of sulfonamides is 1. The molecule has 2 saturated heterocycles. The van der Waals surface area contributed by atoms with Crippen molar-refractivity contribution >= 4 is 21.6 Å². The van der Waals surface area contributed by atoms with Crippen molar-refractivity contribution in [1.29, 1.82) is 0 Å². The summed E-state index contributed by atoms with van der Waals surface area (Å²) >= 11 is 0. The minimum absolute atomic E-state index is 0.111. The Morgan fingerprint density at radius 3 is 2.32 bits per heavy atom. The summed E-state index contributed by atoms with van der Waals surface area (Å²) in [4.78, 5) is 17.4. The van der Waals surface area contributed by atoms with Crippen LogP contribution < -0.4 is 10.2 Å². The van der Waals surface area contributed by atoms with Crippen LogP contribution in [0.15, 0.2) is 53.4 Å². The summed E-state index contributed by atoms with van der Waals surface area (Å²) in [6.07, 6.45) is 2.93. The molecule has 2 aromatic rings. The number of piperazine rings is 1. The molecule has 2 aliphatic heterocycles. The molecule has 7 nitrogen and oxygen atoms in total. The van der Waals surface area contributed by atoms with Crippen molar-refractivity contribution in [2.24, 2.45) is 0 Å². The molecule has 1 N–H and O–H groups in total. The first-order valence-corrected chi connectivity index (χ1v) is 13.4. The van der Waals surface area contributed by atoms with Gasteiger partial charge in [-0.05, 0) is 68.3 Å². The van der Waals surface area contributed by atoms with Crippen LogP contribution in [0.5, 0.6) is 0 Å². The number of amides is 1. The predicted molar refractivity (Wildman–Crippen MR) is 131 cm³/mol. The Labute approximate surface area is 201 Å². The Morgan fingerprint density at radius 1 is 1.00 bits per heavy atom. The first-order chi connectivity index (χ1) is 16.4. The highest BCUT2D eigenvalue weighted by molar-refractivity contribution is 7.89. The fourth-order valence-electron chi connectivity index (χ4n) is 4.67. The lowest BCUT2D eigenvalue weighted by Gasteiger charge is -2.35. The molecule has 2 fully saturated rings. The van der Waals surface area contributed by atoms with E-state index in [9.17, 15) is 17.6 Å². The summed E-state index contributed by atoms with van der Waals surface area (Å²) in [5.74, 6) is -0.525. The summed E-state index contributed by atoms with van der Waals surface area (Å²) in [6, 6.07) is 12.6. The third-order valence-electron chi connectivity index (χ3n) is 6.63. The topological polar surface area (TPSA) is 73.0 Å². The third-order valence-corrected chi connectivity index (χ3v) is 8.52. The molecule has 184 valence electrons. The van der Waals surface area contributed by atoms with Crippen LogP contribution in [0.3, 0.4) is 0 Å². The highest BCUT2D eigenvalue weighted by Crippen LogP contribution is 2.22. The predicted octanol–water partition coefficient (Wildman–Crippen LogP) is 2.94. The average molecular weight is 489 g/mol. The van der Waals surface area contributed by atoms with Gasteiger partial charge in [-0.1, -0.05) is 13.0 Å². The van der Waals surface area contributed by atoms with E-state index in [2.05, 4.69) is 17.1 Å². The van der Waals surface area contributed by atoms with Gasteiger partial charge in [0.1, 0.15) is 5.82 Å². The van der Waals surface area contributed by atoms with Gasteiger partial charge in [0.05, 0.1) is 4.90 Å². The van der Waals surface area contributed by atoms with Crippen LogP contribution in [0.2, 0.25) is 0 Å². The molecule has 0 aliphatic carbocycles. The van der Waals surface area contributed by atoms with Gasteiger partial charge in [0, 0.05) is 56.6 Å². The summed E-state index contributed by atoms with van der Waals surface area (Å²) < 4.78 is 41.2. The maximum Gasteiger partial charge on any atom is 0.251 e. The minimum Gasteiger partial charge on any atom is -0.369 e. The van der Waals surface area contributed by atoms with Crippen molar-refractivity contribution < 1.29 is 17.6 Å². The quantitative estimate of drug-likeness (QED) is 0.649. The summed E-state index contributed by atoms with van der Waals surface area (Å²) in [7, 11) is -3.72. The van der Waals surface area contributed by atoms with Crippen LogP contribution in [0.25, 0.3) is 0 Å². The molecular weight excluding hydrogens is 455 g/mol. The lowest BCUT2D eigenvalue weighted by Crippen LogP contribution is -2.48. The van der Waals surface area contributed by atoms with Crippen molar-refractivity contribution in [1.82, 2.24) is 14.5 Å². The molecule has 2 aliphatic rings. The smallest absolute Gasteiger partial charge is 0.251 e. The Morgan fingerprint density at radius 2 is 1.68 bits per heavy atom. The van der Waals surface area contributed by atoms with Crippen molar-refractivity contribution in [3.8, 4) is 0 Å². The molecule has 0 spiro atoms. The Hall–Kier alpha value is -2.49. The van der Waals surface area contributed by atoms with Gasteiger partial charge in [-0.3, -0.25) is 4.79 Å². The molecule has 0 unspecified atom stereocenters. The van der Waals surface area contributed by atoms with Crippen molar-refractivity contribution in [2.45, 2.75) is 37.1 Å². The first-order valence-electron chi connectivity index (χ1n) is 12.0. The molecule has 9 heteroatoms. The van der Waals surface area contributed by atoms with E-state index < -0.39 is 10.0 Å². The van der Waals surface area contributed by atoms with Crippen LogP contribution in [0.4, 0.5) is 10.1 Å². The zero-order chi connectivity index (χ0) is 24.1. The van der Waals surface area contributed by atoms with Crippen LogP contribution >= 0.6 is 0 Å². The first kappa shape index (κ1) is 24.6. The number of benzene rings is 2. The van der Waals surface area contributed by atoms with E-state index in [-0.39, 0.29) is 22.7 Å². The number of halogens is 1. The van der Waals surface area contributed by atoms with E-state index in [1.165, 1.54) is 22.5 Å². The van der Waals surface area contributed by atoms with Gasteiger partial charge in [0.25, 0.3) is 5.91 Å². The average Bonchev–Trinajstić information content (AvgIpc) is 2.86. The highest BCUT2D eigenvalue weighted by Gasteiger charge is 2.29. The normalized spacial score (nSPS) is 18.7. The summed E-state index contributed by atoms with van der Waals surface area (Å²) in [5.41, 5.74) is 1.24. The number of likely N-dealkylation sites (tertiary alicyclic amines) is 1. The zero-order valence-corrected chi connectivity index (χ0v) is 20.4. The molecule has 2 aromatic carbocycles. The van der Waals surface area contributed by atoms with Crippen molar-refractivity contribution in [3.63, 3.8) is 0 Å². The number of hydrogen-bond acceptors (Lipinski definition) is 5. The molecule has 2 heterocycles. The summed E-state index contributed by atoms with van der Waals surface area (Å²) in [6.45, 7) is 6.87. The molecule has 34 heavy (non-hydrogen) atoms. The van der Waals surface area contributed by atoms with E-state index in [0.29, 0.717) is 31.7 Å². The van der Waals surface area contributed by atoms with Crippen molar-refractivity contribution in [3.05, 3.63) is 59.9 Å². The number of carbonyl (C=O) groups excluding carboxylic acids is 1. The Bertz CT molecular complexity index is 1080. The van der Waals surface area contributed by atoms with E-state index >= 15 is 0 Å². The highest BCUT2D eigenvalue weighted by atomic mass is 32.2. The van der Waals surface area contributed by atoms with Crippen LogP contribution in [-0.2, 0) is 10.0 Å². The van der Waals surface area contributed by atoms with Gasteiger partial charge in [-0.15, -0.1) is 0 Å². The van der Waals surface area contributed by atoms with Gasteiger partial charge in [-0.2, -0.15) is 4.31 Å². The van der Waals surface area contributed by atoms with E-state index in [4.69, 9.17) is 0 Å². The van der Waals surface area contributed by atoms with Gasteiger partial charge in [-0.25, -0.2) is 12.8 Å². The maximum absolute atomic E-state index is 13.3. The van der Waals surface area contributed by atoms with Gasteiger partial charge < -0.3 is 15.1 Å². The van der Waals surface area contributed by atoms with E-state index in [1.807, 2.05) is 4.90 Å². The number of nitrogens with one attached hydrogen (secondary N) is 1. The number of piperidine rings is 1. The van der Waals surface area contributed by atoms with Crippen LogP contribution in [0.1, 0.15) is 36.5 Å². The lowest BCUT2D eigenvalue weighted by molar-refractivity contribution is 0.0911. The molecule has 0 saturated carbocycles. The third kappa shape index (κ3) is 5.76. The van der Waals surface area contributed by atoms with Crippen LogP contribution in [0, 0.1) is 5.82 Å². The number of hydrogen-bond donors (Lipinski definition) is 1. The molecule has 0 radical (unpaired) electrons. The van der Waals surface area contributed by atoms with Crippen LogP contribution in [-0.4, -0.2) is 75.4 Å². The fourth-order valence-corrected chi connectivity index (χ4v) is 6.14. The Balaban J connectivity index is 1.37. The number of anilines is 1. The zero-order valence-electron chi connectivity index (χ0n) is 19.6. The number of nitrogens with zero attached hydrogens (tertiary/aromatic N) is 3. The molecule has 0 aromatic heterocycles. The number of carbonyl (C=O) groups is 1. The van der Waals surface area contributed by atoms with E-state index in [1.54, 1.807) is 30.3 Å². The second-order valence-corrected chi connectivity index (χ2v) is 10.9. The molecule has 1 amide bonds.